The third-order valence-electron chi connectivity index (χ3n) is 6.20. The van der Waals surface area contributed by atoms with Gasteiger partial charge in [-0.25, -0.2) is 16.8 Å². The molecular weight excluding hydrogens is 514 g/mol. The maximum Gasteiger partial charge on any atom is 0.261 e. The topological polar surface area (TPSA) is 122 Å². The van der Waals surface area contributed by atoms with E-state index in [-0.39, 0.29) is 28.4 Å². The number of anilines is 2. The summed E-state index contributed by atoms with van der Waals surface area (Å²) in [6, 6.07) is 15.7. The lowest BCUT2D eigenvalue weighted by Crippen LogP contribution is -2.40. The second kappa shape index (κ2) is 10.6. The van der Waals surface area contributed by atoms with Crippen LogP contribution < -0.4 is 10.0 Å². The van der Waals surface area contributed by atoms with E-state index in [0.29, 0.717) is 30.2 Å². The fraction of sp³-hybridized carbons (Fsp3) is 0.269. The zero-order valence-electron chi connectivity index (χ0n) is 20.8. The molecule has 0 saturated carbocycles. The Labute approximate surface area is 217 Å². The summed E-state index contributed by atoms with van der Waals surface area (Å²) in [7, 11) is -7.60. The van der Waals surface area contributed by atoms with Crippen molar-refractivity contribution in [2.24, 2.45) is 0 Å². The van der Waals surface area contributed by atoms with Gasteiger partial charge >= 0.3 is 0 Å². The lowest BCUT2D eigenvalue weighted by molar-refractivity contribution is 0.0730. The largest absolute Gasteiger partial charge is 0.379 e. The van der Waals surface area contributed by atoms with Crippen LogP contribution in [0.25, 0.3) is 0 Å². The molecule has 0 aliphatic carbocycles. The van der Waals surface area contributed by atoms with Crippen molar-refractivity contribution < 1.29 is 26.4 Å². The van der Waals surface area contributed by atoms with Gasteiger partial charge in [-0.15, -0.1) is 0 Å². The number of sulfonamides is 2. The van der Waals surface area contributed by atoms with Crippen LogP contribution in [-0.4, -0.2) is 53.4 Å². The molecule has 37 heavy (non-hydrogen) atoms. The molecule has 1 aliphatic rings. The maximum absolute atomic E-state index is 13.0. The molecule has 0 unspecified atom stereocenters. The molecule has 2 N–H and O–H groups in total. The first-order valence-electron chi connectivity index (χ1n) is 11.7. The number of rotatable bonds is 7. The first-order valence-corrected chi connectivity index (χ1v) is 14.6. The molecule has 0 bridgehead atoms. The third kappa shape index (κ3) is 5.85. The van der Waals surface area contributed by atoms with Crippen LogP contribution in [0.3, 0.4) is 0 Å². The van der Waals surface area contributed by atoms with Crippen LogP contribution in [0.1, 0.15) is 27.0 Å². The van der Waals surface area contributed by atoms with Crippen molar-refractivity contribution in [2.45, 2.75) is 30.6 Å². The van der Waals surface area contributed by atoms with Gasteiger partial charge in [0.15, 0.2) is 0 Å². The van der Waals surface area contributed by atoms with Gasteiger partial charge in [0.1, 0.15) is 0 Å². The molecule has 0 spiro atoms. The lowest BCUT2D eigenvalue weighted by atomic mass is 10.1. The van der Waals surface area contributed by atoms with Gasteiger partial charge in [0, 0.05) is 24.3 Å². The number of morpholine rings is 1. The normalized spacial score (nSPS) is 14.8. The smallest absolute Gasteiger partial charge is 0.261 e. The third-order valence-corrected chi connectivity index (χ3v) is 9.46. The van der Waals surface area contributed by atoms with Crippen molar-refractivity contribution in [3.8, 4) is 0 Å². The van der Waals surface area contributed by atoms with Gasteiger partial charge in [-0.3, -0.25) is 9.52 Å². The molecule has 4 rings (SSSR count). The summed E-state index contributed by atoms with van der Waals surface area (Å²) in [6.07, 6.45) is 0. The van der Waals surface area contributed by atoms with Gasteiger partial charge in [0.2, 0.25) is 10.0 Å². The highest BCUT2D eigenvalue weighted by Gasteiger charge is 2.27. The number of hydrogen-bond donors (Lipinski definition) is 2. The first-order chi connectivity index (χ1) is 17.5. The Bertz CT molecular complexity index is 1510. The van der Waals surface area contributed by atoms with E-state index in [1.165, 1.54) is 40.7 Å². The van der Waals surface area contributed by atoms with Crippen LogP contribution in [0.15, 0.2) is 70.5 Å². The molecule has 3 aromatic carbocycles. The van der Waals surface area contributed by atoms with Crippen molar-refractivity contribution in [1.29, 1.82) is 0 Å². The quantitative estimate of drug-likeness (QED) is 0.469. The van der Waals surface area contributed by atoms with Gasteiger partial charge in [-0.1, -0.05) is 24.3 Å². The highest BCUT2D eigenvalue weighted by atomic mass is 32.2. The number of carbonyl (C=O) groups is 1. The summed E-state index contributed by atoms with van der Waals surface area (Å²) in [5.41, 5.74) is 3.33. The summed E-state index contributed by atoms with van der Waals surface area (Å²) in [4.78, 5) is 13.1. The van der Waals surface area contributed by atoms with E-state index in [1.807, 2.05) is 32.0 Å². The summed E-state index contributed by atoms with van der Waals surface area (Å²) in [5.74, 6) is -0.499. The van der Waals surface area contributed by atoms with E-state index in [2.05, 4.69) is 10.0 Å². The van der Waals surface area contributed by atoms with Gasteiger partial charge in [-0.05, 0) is 73.9 Å². The average Bonchev–Trinajstić information content (AvgIpc) is 2.87. The summed E-state index contributed by atoms with van der Waals surface area (Å²) in [5, 5.41) is 2.72. The Morgan fingerprint density at radius 2 is 1.41 bits per heavy atom. The highest BCUT2D eigenvalue weighted by Crippen LogP contribution is 2.25. The Morgan fingerprint density at radius 1 is 0.811 bits per heavy atom. The zero-order chi connectivity index (χ0) is 26.8. The van der Waals surface area contributed by atoms with Crippen molar-refractivity contribution in [3.63, 3.8) is 0 Å². The minimum absolute atomic E-state index is 0.0316. The minimum Gasteiger partial charge on any atom is -0.379 e. The highest BCUT2D eigenvalue weighted by molar-refractivity contribution is 7.92. The SMILES string of the molecule is Cc1ccc(S(=O)(=O)N2CCOCC2)cc1C(=O)Nc1ccc(S(=O)(=O)Nc2c(C)cccc2C)cc1. The molecule has 1 amide bonds. The number of amides is 1. The van der Waals surface area contributed by atoms with Crippen LogP contribution >= 0.6 is 0 Å². The minimum atomic E-state index is -3.84. The predicted molar refractivity (Wildman–Crippen MR) is 142 cm³/mol. The molecule has 196 valence electrons. The lowest BCUT2D eigenvalue weighted by Gasteiger charge is -2.26. The summed E-state index contributed by atoms with van der Waals surface area (Å²) < 4.78 is 61.0. The average molecular weight is 544 g/mol. The van der Waals surface area contributed by atoms with Gasteiger partial charge in [0.25, 0.3) is 15.9 Å². The summed E-state index contributed by atoms with van der Waals surface area (Å²) >= 11 is 0. The molecule has 9 nitrogen and oxygen atoms in total. The Balaban J connectivity index is 1.52. The molecule has 3 aromatic rings. The number of para-hydroxylation sites is 1. The van der Waals surface area contributed by atoms with E-state index in [9.17, 15) is 21.6 Å². The number of nitrogens with zero attached hydrogens (tertiary/aromatic N) is 1. The molecule has 1 heterocycles. The molecule has 0 aromatic heterocycles. The molecule has 0 atom stereocenters. The molecule has 0 radical (unpaired) electrons. The number of nitrogens with one attached hydrogen (secondary N) is 2. The molecule has 1 saturated heterocycles. The van der Waals surface area contributed by atoms with Gasteiger partial charge in [0.05, 0.1) is 28.7 Å². The van der Waals surface area contributed by atoms with Gasteiger partial charge < -0.3 is 10.1 Å². The van der Waals surface area contributed by atoms with Crippen molar-refractivity contribution >= 4 is 37.3 Å². The summed E-state index contributed by atoms with van der Waals surface area (Å²) in [6.45, 7) is 6.53. The number of hydrogen-bond acceptors (Lipinski definition) is 6. The number of aryl methyl sites for hydroxylation is 3. The van der Waals surface area contributed by atoms with Crippen LogP contribution in [0.4, 0.5) is 11.4 Å². The second-order valence-electron chi connectivity index (χ2n) is 8.84. The molecule has 1 fully saturated rings. The van der Waals surface area contributed by atoms with Crippen LogP contribution in [0, 0.1) is 20.8 Å². The van der Waals surface area contributed by atoms with Gasteiger partial charge in [-0.2, -0.15) is 4.31 Å². The zero-order valence-corrected chi connectivity index (χ0v) is 22.4. The number of benzene rings is 3. The van der Waals surface area contributed by atoms with Crippen molar-refractivity contribution in [3.05, 3.63) is 82.9 Å². The van der Waals surface area contributed by atoms with E-state index in [4.69, 9.17) is 4.74 Å². The second-order valence-corrected chi connectivity index (χ2v) is 12.5. The Kier molecular flexibility index (Phi) is 7.69. The van der Waals surface area contributed by atoms with E-state index in [0.717, 1.165) is 11.1 Å². The Morgan fingerprint density at radius 3 is 2.03 bits per heavy atom. The van der Waals surface area contributed by atoms with Crippen molar-refractivity contribution in [1.82, 2.24) is 4.31 Å². The fourth-order valence-corrected chi connectivity index (χ4v) is 6.66. The monoisotopic (exact) mass is 543 g/mol. The maximum atomic E-state index is 13.0. The van der Waals surface area contributed by atoms with Crippen molar-refractivity contribution in [2.75, 3.05) is 36.3 Å². The molecular formula is C26H29N3O6S2. The molecule has 11 heteroatoms. The van der Waals surface area contributed by atoms with Crippen LogP contribution in [-0.2, 0) is 24.8 Å². The van der Waals surface area contributed by atoms with E-state index in [1.54, 1.807) is 13.0 Å². The Hall–Kier alpha value is -3.25. The molecule has 1 aliphatic heterocycles. The number of carbonyl (C=O) groups excluding carboxylic acids is 1. The van der Waals surface area contributed by atoms with E-state index < -0.39 is 26.0 Å². The fourth-order valence-electron chi connectivity index (χ4n) is 4.03. The van der Waals surface area contributed by atoms with Crippen LogP contribution in [0.5, 0.6) is 0 Å². The first kappa shape index (κ1) is 26.8. The standard InChI is InChI=1S/C26H29N3O6S2/c1-18-7-10-23(37(33,34)29-13-15-35-16-14-29)17-24(18)26(30)27-21-8-11-22(12-9-21)36(31,32)28-25-19(2)5-4-6-20(25)3/h4-12,17,28H,13-16H2,1-3H3,(H,27,30). The predicted octanol–water partition coefficient (Wildman–Crippen LogP) is 3.69. The van der Waals surface area contributed by atoms with E-state index >= 15 is 0 Å². The van der Waals surface area contributed by atoms with Crippen LogP contribution in [0.2, 0.25) is 0 Å². The number of ether oxygens (including phenoxy) is 1.